The number of nitrogens with zero attached hydrogens (tertiary/aromatic N) is 1. The molecule has 4 rings (SSSR count). The normalized spacial score (nSPS) is 14.9. The molecule has 1 aromatic heterocycles. The molecule has 33 heavy (non-hydrogen) atoms. The molecule has 1 amide bonds. The standard InChI is InChI=1S/C27H32N4O2/c1-26(2,3)33-25(32)31-27(14-7-15-27)20-12-10-19(11-13-20)24-21(18-8-5-4-6-9-18)16-22(29)23(17-28)30-24/h4-6,8-13,16H,7,14-15,17,28-29H2,1-3H3,(H,31,32). The molecular formula is C27H32N4O2. The van der Waals surface area contributed by atoms with Crippen molar-refractivity contribution in [3.05, 3.63) is 71.9 Å². The molecule has 0 saturated heterocycles. The quantitative estimate of drug-likeness (QED) is 0.491. The summed E-state index contributed by atoms with van der Waals surface area (Å²) in [6.45, 7) is 5.88. The minimum Gasteiger partial charge on any atom is -0.444 e. The Morgan fingerprint density at radius 1 is 1.06 bits per heavy atom. The van der Waals surface area contributed by atoms with Crippen LogP contribution in [0.25, 0.3) is 22.4 Å². The van der Waals surface area contributed by atoms with Gasteiger partial charge in [-0.15, -0.1) is 0 Å². The van der Waals surface area contributed by atoms with Gasteiger partial charge in [-0.25, -0.2) is 9.78 Å². The van der Waals surface area contributed by atoms with Crippen LogP contribution < -0.4 is 16.8 Å². The van der Waals surface area contributed by atoms with Crippen LogP contribution in [0.4, 0.5) is 10.5 Å². The number of benzene rings is 2. The van der Waals surface area contributed by atoms with Crippen molar-refractivity contribution < 1.29 is 9.53 Å². The SMILES string of the molecule is CC(C)(C)OC(=O)NC1(c2ccc(-c3nc(CN)c(N)cc3-c3ccccc3)cc2)CCC1. The number of nitrogens with two attached hydrogens (primary N) is 2. The van der Waals surface area contributed by atoms with E-state index in [2.05, 4.69) is 29.6 Å². The maximum absolute atomic E-state index is 12.5. The highest BCUT2D eigenvalue weighted by Crippen LogP contribution is 2.42. The number of pyridine rings is 1. The Balaban J connectivity index is 1.68. The molecule has 1 saturated carbocycles. The second kappa shape index (κ2) is 8.87. The van der Waals surface area contributed by atoms with E-state index in [4.69, 9.17) is 21.2 Å². The predicted octanol–water partition coefficient (Wildman–Crippen LogP) is 5.36. The summed E-state index contributed by atoms with van der Waals surface area (Å²) in [5.41, 5.74) is 17.3. The van der Waals surface area contributed by atoms with Gasteiger partial charge in [0.25, 0.3) is 0 Å². The van der Waals surface area contributed by atoms with Gasteiger partial charge in [0.1, 0.15) is 5.60 Å². The number of anilines is 1. The van der Waals surface area contributed by atoms with E-state index in [0.29, 0.717) is 11.4 Å². The van der Waals surface area contributed by atoms with Crippen molar-refractivity contribution in [3.63, 3.8) is 0 Å². The molecule has 6 nitrogen and oxygen atoms in total. The van der Waals surface area contributed by atoms with Gasteiger partial charge in [0.15, 0.2) is 0 Å². The van der Waals surface area contributed by atoms with E-state index in [0.717, 1.165) is 47.2 Å². The van der Waals surface area contributed by atoms with Gasteiger partial charge in [0.05, 0.1) is 22.6 Å². The van der Waals surface area contributed by atoms with Crippen molar-refractivity contribution in [1.29, 1.82) is 0 Å². The predicted molar refractivity (Wildman–Crippen MR) is 132 cm³/mol. The molecule has 0 unspecified atom stereocenters. The zero-order chi connectivity index (χ0) is 23.6. The fourth-order valence-corrected chi connectivity index (χ4v) is 4.25. The number of nitrogen functional groups attached to an aromatic ring is 1. The summed E-state index contributed by atoms with van der Waals surface area (Å²) >= 11 is 0. The van der Waals surface area contributed by atoms with E-state index in [9.17, 15) is 4.79 Å². The Hall–Kier alpha value is -3.38. The summed E-state index contributed by atoms with van der Waals surface area (Å²) in [5.74, 6) is 0. The molecule has 0 spiro atoms. The van der Waals surface area contributed by atoms with Crippen LogP contribution in [0.15, 0.2) is 60.7 Å². The first-order valence-electron chi connectivity index (χ1n) is 11.4. The summed E-state index contributed by atoms with van der Waals surface area (Å²) in [6.07, 6.45) is 2.46. The largest absolute Gasteiger partial charge is 0.444 e. The highest BCUT2D eigenvalue weighted by molar-refractivity contribution is 5.83. The average molecular weight is 445 g/mol. The van der Waals surface area contributed by atoms with Crippen LogP contribution in [0, 0.1) is 0 Å². The van der Waals surface area contributed by atoms with Gasteiger partial charge in [-0.05, 0) is 57.2 Å². The van der Waals surface area contributed by atoms with Gasteiger partial charge in [-0.1, -0.05) is 54.6 Å². The van der Waals surface area contributed by atoms with Gasteiger partial charge in [-0.2, -0.15) is 0 Å². The zero-order valence-electron chi connectivity index (χ0n) is 19.5. The molecule has 0 radical (unpaired) electrons. The summed E-state index contributed by atoms with van der Waals surface area (Å²) in [5, 5.41) is 3.12. The second-order valence-corrected chi connectivity index (χ2v) is 9.63. The van der Waals surface area contributed by atoms with E-state index >= 15 is 0 Å². The lowest BCUT2D eigenvalue weighted by atomic mass is 9.71. The van der Waals surface area contributed by atoms with E-state index in [1.165, 1.54) is 0 Å². The van der Waals surface area contributed by atoms with Crippen LogP contribution >= 0.6 is 0 Å². The van der Waals surface area contributed by atoms with Crippen LogP contribution in [0.3, 0.4) is 0 Å². The van der Waals surface area contributed by atoms with Gasteiger partial charge < -0.3 is 21.5 Å². The minimum absolute atomic E-state index is 0.273. The lowest BCUT2D eigenvalue weighted by Gasteiger charge is -2.43. The van der Waals surface area contributed by atoms with Crippen LogP contribution in [-0.4, -0.2) is 16.7 Å². The molecular weight excluding hydrogens is 412 g/mol. The van der Waals surface area contributed by atoms with Crippen molar-refractivity contribution in [2.24, 2.45) is 5.73 Å². The number of carbonyl (C=O) groups excluding carboxylic acids is 1. The lowest BCUT2D eigenvalue weighted by molar-refractivity contribution is 0.0377. The molecule has 0 bridgehead atoms. The van der Waals surface area contributed by atoms with Gasteiger partial charge in [0, 0.05) is 17.7 Å². The first-order chi connectivity index (χ1) is 15.7. The maximum Gasteiger partial charge on any atom is 0.408 e. The smallest absolute Gasteiger partial charge is 0.408 e. The van der Waals surface area contributed by atoms with E-state index in [1.54, 1.807) is 0 Å². The molecule has 6 heteroatoms. The third-order valence-corrected chi connectivity index (χ3v) is 6.07. The Morgan fingerprint density at radius 2 is 1.73 bits per heavy atom. The van der Waals surface area contributed by atoms with Crippen LogP contribution in [-0.2, 0) is 16.8 Å². The van der Waals surface area contributed by atoms with Gasteiger partial charge in [0.2, 0.25) is 0 Å². The number of ether oxygens (including phenoxy) is 1. The van der Waals surface area contributed by atoms with Crippen molar-refractivity contribution in [2.75, 3.05) is 5.73 Å². The molecule has 5 N–H and O–H groups in total. The zero-order valence-corrected chi connectivity index (χ0v) is 19.5. The lowest BCUT2D eigenvalue weighted by Crippen LogP contribution is -2.52. The first-order valence-corrected chi connectivity index (χ1v) is 11.4. The molecule has 0 atom stereocenters. The molecule has 0 aliphatic heterocycles. The monoisotopic (exact) mass is 444 g/mol. The van der Waals surface area contributed by atoms with Crippen LogP contribution in [0.5, 0.6) is 0 Å². The molecule has 172 valence electrons. The number of amides is 1. The third-order valence-electron chi connectivity index (χ3n) is 6.07. The summed E-state index contributed by atoms with van der Waals surface area (Å²) in [6, 6.07) is 20.3. The van der Waals surface area contributed by atoms with Crippen molar-refractivity contribution in [3.8, 4) is 22.4 Å². The van der Waals surface area contributed by atoms with Crippen LogP contribution in [0.1, 0.15) is 51.3 Å². The Labute approximate surface area is 195 Å². The van der Waals surface area contributed by atoms with E-state index < -0.39 is 5.60 Å². The fraction of sp³-hybridized carbons (Fsp3) is 0.333. The highest BCUT2D eigenvalue weighted by Gasteiger charge is 2.41. The topological polar surface area (TPSA) is 103 Å². The van der Waals surface area contributed by atoms with Crippen LogP contribution in [0.2, 0.25) is 0 Å². The Bertz CT molecular complexity index is 1130. The maximum atomic E-state index is 12.5. The number of hydrogen-bond acceptors (Lipinski definition) is 5. The molecule has 1 fully saturated rings. The number of aromatic nitrogens is 1. The summed E-state index contributed by atoms with van der Waals surface area (Å²) in [7, 11) is 0. The van der Waals surface area contributed by atoms with Crippen molar-refractivity contribution in [2.45, 2.75) is 57.7 Å². The van der Waals surface area contributed by atoms with Crippen molar-refractivity contribution in [1.82, 2.24) is 10.3 Å². The molecule has 3 aromatic rings. The summed E-state index contributed by atoms with van der Waals surface area (Å²) in [4.78, 5) is 17.3. The number of hydrogen-bond donors (Lipinski definition) is 3. The van der Waals surface area contributed by atoms with Gasteiger partial charge >= 0.3 is 6.09 Å². The number of nitrogens with one attached hydrogen (secondary N) is 1. The molecule has 1 heterocycles. The molecule has 1 aliphatic rings. The average Bonchev–Trinajstić information content (AvgIpc) is 2.76. The third kappa shape index (κ3) is 4.86. The van der Waals surface area contributed by atoms with Crippen molar-refractivity contribution >= 4 is 11.8 Å². The first kappa shape index (κ1) is 22.8. The molecule has 2 aromatic carbocycles. The minimum atomic E-state index is -0.533. The second-order valence-electron chi connectivity index (χ2n) is 9.63. The number of carbonyl (C=O) groups is 1. The number of rotatable bonds is 5. The highest BCUT2D eigenvalue weighted by atomic mass is 16.6. The molecule has 1 aliphatic carbocycles. The Kier molecular flexibility index (Phi) is 6.13. The van der Waals surface area contributed by atoms with E-state index in [1.807, 2.05) is 57.2 Å². The van der Waals surface area contributed by atoms with Gasteiger partial charge in [-0.3, -0.25) is 0 Å². The number of alkyl carbamates (subject to hydrolysis) is 1. The fourth-order valence-electron chi connectivity index (χ4n) is 4.25. The summed E-state index contributed by atoms with van der Waals surface area (Å²) < 4.78 is 5.50. The Morgan fingerprint density at radius 3 is 2.27 bits per heavy atom. The van der Waals surface area contributed by atoms with E-state index in [-0.39, 0.29) is 18.2 Å².